The highest BCUT2D eigenvalue weighted by molar-refractivity contribution is 7.10. The largest absolute Gasteiger partial charge is 0.453 e. The Bertz CT molecular complexity index is 1430. The minimum absolute atomic E-state index is 0.132. The van der Waals surface area contributed by atoms with E-state index in [0.717, 1.165) is 10.4 Å². The van der Waals surface area contributed by atoms with E-state index in [0.29, 0.717) is 11.1 Å². The first-order chi connectivity index (χ1) is 19.0. The molecule has 0 radical (unpaired) electrons. The number of thiophene rings is 1. The van der Waals surface area contributed by atoms with Crippen LogP contribution in [0.1, 0.15) is 38.3 Å². The number of carbonyl (C=O) groups is 3. The number of Topliss-reactive ketones (excluding diaryl/α,β-unsaturated/α-hetero) is 1. The van der Waals surface area contributed by atoms with Gasteiger partial charge < -0.3 is 10.1 Å². The summed E-state index contributed by atoms with van der Waals surface area (Å²) in [5.41, 5.74) is 1.97. The lowest BCUT2D eigenvalue weighted by molar-refractivity contribution is -0.126. The number of carbonyl (C=O) groups excluding carboxylic acids is 3. The van der Waals surface area contributed by atoms with Gasteiger partial charge >= 0.3 is 6.09 Å². The molecule has 1 aliphatic heterocycles. The maximum Gasteiger partial charge on any atom is 0.410 e. The fourth-order valence-electron chi connectivity index (χ4n) is 5.37. The molecule has 1 fully saturated rings. The molecular formula is C31H27FN2O4S. The Balaban J connectivity index is 1.63. The fourth-order valence-corrected chi connectivity index (χ4v) is 6.24. The predicted octanol–water partition coefficient (Wildman–Crippen LogP) is 5.98. The zero-order chi connectivity index (χ0) is 27.4. The summed E-state index contributed by atoms with van der Waals surface area (Å²) in [6.45, 7) is 0.132. The molecule has 8 heteroatoms. The maximum atomic E-state index is 14.2. The molecule has 1 N–H and O–H groups in total. The van der Waals surface area contributed by atoms with Crippen LogP contribution in [0.2, 0.25) is 0 Å². The van der Waals surface area contributed by atoms with Crippen LogP contribution in [0.5, 0.6) is 0 Å². The van der Waals surface area contributed by atoms with E-state index >= 15 is 0 Å². The van der Waals surface area contributed by atoms with Gasteiger partial charge in [0.15, 0.2) is 5.78 Å². The van der Waals surface area contributed by atoms with Gasteiger partial charge in [0, 0.05) is 22.9 Å². The summed E-state index contributed by atoms with van der Waals surface area (Å²) in [4.78, 5) is 43.8. The molecule has 2 amide bonds. The van der Waals surface area contributed by atoms with Gasteiger partial charge in [-0.3, -0.25) is 14.5 Å². The minimum Gasteiger partial charge on any atom is -0.453 e. The van der Waals surface area contributed by atoms with Gasteiger partial charge in [-0.2, -0.15) is 0 Å². The van der Waals surface area contributed by atoms with Crippen LogP contribution in [-0.4, -0.2) is 35.8 Å². The normalized spacial score (nSPS) is 20.4. The number of likely N-dealkylation sites (tertiary alicyclic amines) is 1. The van der Waals surface area contributed by atoms with Crippen LogP contribution >= 0.6 is 11.3 Å². The molecule has 4 aromatic rings. The lowest BCUT2D eigenvalue weighted by Gasteiger charge is -2.29. The number of nitrogens with zero attached hydrogens (tertiary/aromatic N) is 1. The van der Waals surface area contributed by atoms with Crippen molar-refractivity contribution in [3.05, 3.63) is 130 Å². The van der Waals surface area contributed by atoms with Crippen LogP contribution in [0.15, 0.2) is 102 Å². The second-order valence-electron chi connectivity index (χ2n) is 9.32. The highest BCUT2D eigenvalue weighted by Gasteiger charge is 2.58. The van der Waals surface area contributed by atoms with Crippen molar-refractivity contribution in [3.63, 3.8) is 0 Å². The van der Waals surface area contributed by atoms with E-state index in [-0.39, 0.29) is 18.1 Å². The molecule has 0 bridgehead atoms. The molecule has 39 heavy (non-hydrogen) atoms. The smallest absolute Gasteiger partial charge is 0.410 e. The first-order valence-corrected chi connectivity index (χ1v) is 13.4. The van der Waals surface area contributed by atoms with Crippen LogP contribution in [0, 0.1) is 11.7 Å². The van der Waals surface area contributed by atoms with Crippen LogP contribution in [-0.2, 0) is 16.1 Å². The molecule has 6 nitrogen and oxygen atoms in total. The van der Waals surface area contributed by atoms with Crippen molar-refractivity contribution in [1.29, 1.82) is 0 Å². The van der Waals surface area contributed by atoms with Gasteiger partial charge in [0.2, 0.25) is 5.91 Å². The zero-order valence-corrected chi connectivity index (χ0v) is 22.0. The lowest BCUT2D eigenvalue weighted by Crippen LogP contribution is -2.48. The summed E-state index contributed by atoms with van der Waals surface area (Å²) >= 11 is 1.42. The molecule has 5 rings (SSSR count). The van der Waals surface area contributed by atoms with Crippen LogP contribution in [0.25, 0.3) is 0 Å². The van der Waals surface area contributed by atoms with Gasteiger partial charge in [0.1, 0.15) is 11.9 Å². The Hall–Kier alpha value is -4.30. The standard InChI is InChI=1S/C31H27FN2O4S/c1-38-31(37)34-27(24-13-8-18-39-24)26(29(35)22-11-6-3-7-12-22)25(21-9-4-2-5-10-21)28(34)30(36)33-19-20-14-16-23(32)17-15-20/h2-18,25-28H,19H2,1H3,(H,33,36). The number of amides is 2. The van der Waals surface area contributed by atoms with E-state index in [9.17, 15) is 18.8 Å². The van der Waals surface area contributed by atoms with Crippen LogP contribution < -0.4 is 5.32 Å². The molecule has 1 aliphatic rings. The van der Waals surface area contributed by atoms with Crippen molar-refractivity contribution in [2.75, 3.05) is 7.11 Å². The van der Waals surface area contributed by atoms with Gasteiger partial charge in [-0.15, -0.1) is 11.3 Å². The topological polar surface area (TPSA) is 75.7 Å². The van der Waals surface area contributed by atoms with Gasteiger partial charge in [0.05, 0.1) is 19.1 Å². The van der Waals surface area contributed by atoms with Gasteiger partial charge in [0.25, 0.3) is 0 Å². The van der Waals surface area contributed by atoms with Crippen molar-refractivity contribution in [1.82, 2.24) is 10.2 Å². The molecule has 198 valence electrons. The molecule has 1 aromatic heterocycles. The summed E-state index contributed by atoms with van der Waals surface area (Å²) < 4.78 is 18.6. The van der Waals surface area contributed by atoms with E-state index in [4.69, 9.17) is 4.74 Å². The number of nitrogens with one attached hydrogen (secondary N) is 1. The number of hydrogen-bond acceptors (Lipinski definition) is 5. The van der Waals surface area contributed by atoms with Crippen molar-refractivity contribution in [3.8, 4) is 0 Å². The first-order valence-electron chi connectivity index (χ1n) is 12.6. The number of ketones is 1. The average Bonchev–Trinajstić information content (AvgIpc) is 3.63. The number of ether oxygens (including phenoxy) is 1. The summed E-state index contributed by atoms with van der Waals surface area (Å²) in [5.74, 6) is -2.37. The summed E-state index contributed by atoms with van der Waals surface area (Å²) in [5, 5.41) is 4.80. The number of methoxy groups -OCH3 is 1. The molecule has 1 saturated heterocycles. The number of benzene rings is 3. The van der Waals surface area contributed by atoms with Crippen molar-refractivity contribution >= 4 is 29.1 Å². The molecule has 0 spiro atoms. The molecule has 2 heterocycles. The quantitative estimate of drug-likeness (QED) is 0.292. The highest BCUT2D eigenvalue weighted by Crippen LogP contribution is 2.52. The average molecular weight is 543 g/mol. The minimum atomic E-state index is -1.04. The molecular weight excluding hydrogens is 515 g/mol. The van der Waals surface area contributed by atoms with E-state index < -0.39 is 35.9 Å². The Kier molecular flexibility index (Phi) is 7.84. The Labute approximate surface area is 230 Å². The maximum absolute atomic E-state index is 14.2. The second-order valence-corrected chi connectivity index (χ2v) is 10.3. The zero-order valence-electron chi connectivity index (χ0n) is 21.2. The van der Waals surface area contributed by atoms with E-state index in [1.807, 2.05) is 53.9 Å². The summed E-state index contributed by atoms with van der Waals surface area (Å²) in [6, 6.07) is 26.1. The van der Waals surface area contributed by atoms with Crippen molar-refractivity contribution in [2.24, 2.45) is 5.92 Å². The monoisotopic (exact) mass is 542 g/mol. The SMILES string of the molecule is COC(=O)N1C(C(=O)NCc2ccc(F)cc2)C(c2ccccc2)C(C(=O)c2ccccc2)C1c1cccs1. The number of halogens is 1. The van der Waals surface area contributed by atoms with E-state index in [2.05, 4.69) is 5.32 Å². The fraction of sp³-hybridized carbons (Fsp3) is 0.194. The third kappa shape index (κ3) is 5.33. The van der Waals surface area contributed by atoms with E-state index in [1.54, 1.807) is 36.4 Å². The van der Waals surface area contributed by atoms with Gasteiger partial charge in [-0.25, -0.2) is 9.18 Å². The van der Waals surface area contributed by atoms with Gasteiger partial charge in [-0.05, 0) is 34.7 Å². The third-order valence-corrected chi connectivity index (χ3v) is 8.02. The molecule has 4 atom stereocenters. The summed E-state index contributed by atoms with van der Waals surface area (Å²) in [7, 11) is 1.27. The summed E-state index contributed by atoms with van der Waals surface area (Å²) in [6.07, 6.45) is -0.695. The Morgan fingerprint density at radius 3 is 2.18 bits per heavy atom. The van der Waals surface area contributed by atoms with Crippen LogP contribution in [0.4, 0.5) is 9.18 Å². The van der Waals surface area contributed by atoms with Crippen molar-refractivity contribution < 1.29 is 23.5 Å². The highest BCUT2D eigenvalue weighted by atomic mass is 32.1. The second kappa shape index (κ2) is 11.6. The molecule has 3 aromatic carbocycles. The number of rotatable bonds is 7. The Morgan fingerprint density at radius 2 is 1.56 bits per heavy atom. The first kappa shape index (κ1) is 26.3. The van der Waals surface area contributed by atoms with Crippen molar-refractivity contribution in [2.45, 2.75) is 24.5 Å². The van der Waals surface area contributed by atoms with E-state index in [1.165, 1.54) is 35.5 Å². The lowest BCUT2D eigenvalue weighted by atomic mass is 9.77. The molecule has 0 saturated carbocycles. The molecule has 0 aliphatic carbocycles. The number of hydrogen-bond donors (Lipinski definition) is 1. The third-order valence-electron chi connectivity index (χ3n) is 7.08. The van der Waals surface area contributed by atoms with Gasteiger partial charge in [-0.1, -0.05) is 78.9 Å². The predicted molar refractivity (Wildman–Crippen MR) is 147 cm³/mol. The molecule has 4 unspecified atom stereocenters. The Morgan fingerprint density at radius 1 is 0.897 bits per heavy atom. The van der Waals surface area contributed by atoms with Crippen LogP contribution in [0.3, 0.4) is 0 Å².